The molecule has 1 aromatic carbocycles. The van der Waals surface area contributed by atoms with Gasteiger partial charge in [-0.3, -0.25) is 4.79 Å². The molecule has 0 unspecified atom stereocenters. The molecule has 3 rings (SSSR count). The Morgan fingerprint density at radius 3 is 2.74 bits per heavy atom. The van der Waals surface area contributed by atoms with E-state index >= 15 is 0 Å². The number of hydrogen-bond donors (Lipinski definition) is 0. The van der Waals surface area contributed by atoms with Gasteiger partial charge in [0.2, 0.25) is 0 Å². The van der Waals surface area contributed by atoms with Crippen LogP contribution < -0.4 is 4.90 Å². The average Bonchev–Trinajstić information content (AvgIpc) is 2.91. The van der Waals surface area contributed by atoms with E-state index in [1.165, 1.54) is 11.8 Å². The van der Waals surface area contributed by atoms with Crippen LogP contribution in [-0.4, -0.2) is 42.3 Å². The summed E-state index contributed by atoms with van der Waals surface area (Å²) in [4.78, 5) is 17.4. The zero-order chi connectivity index (χ0) is 16.6. The smallest absolute Gasteiger partial charge is 0.262 e. The normalized spacial score (nSPS) is 27.0. The van der Waals surface area contributed by atoms with Gasteiger partial charge in [-0.1, -0.05) is 23.4 Å². The van der Waals surface area contributed by atoms with Crippen molar-refractivity contribution < 1.29 is 13.2 Å². The molecule has 120 valence electrons. The van der Waals surface area contributed by atoms with Gasteiger partial charge in [0.05, 0.1) is 23.6 Å². The van der Waals surface area contributed by atoms with Crippen molar-refractivity contribution in [3.05, 3.63) is 29.3 Å². The highest BCUT2D eigenvalue weighted by Gasteiger charge is 2.49. The summed E-state index contributed by atoms with van der Waals surface area (Å²) in [5.74, 6) is -0.437. The fourth-order valence-corrected chi connectivity index (χ4v) is 6.74. The van der Waals surface area contributed by atoms with E-state index in [1.54, 1.807) is 35.2 Å². The fraction of sp³-hybridized carbons (Fsp3) is 0.357. The molecule has 2 aliphatic rings. The highest BCUT2D eigenvalue weighted by atomic mass is 35.5. The second-order valence-corrected chi connectivity index (χ2v) is 9.07. The molecule has 2 saturated heterocycles. The van der Waals surface area contributed by atoms with E-state index in [9.17, 15) is 13.2 Å². The maximum absolute atomic E-state index is 11.9. The first-order chi connectivity index (χ1) is 10.9. The van der Waals surface area contributed by atoms with Crippen molar-refractivity contribution in [3.8, 4) is 6.07 Å². The number of fused-ring (bicyclic) bond motifs is 1. The van der Waals surface area contributed by atoms with Crippen LogP contribution in [0.4, 0.5) is 5.69 Å². The molecule has 9 heteroatoms. The lowest BCUT2D eigenvalue weighted by Gasteiger charge is -2.24. The number of hydrogen-bond acceptors (Lipinski definition) is 5. The van der Waals surface area contributed by atoms with Crippen molar-refractivity contribution in [1.82, 2.24) is 0 Å². The van der Waals surface area contributed by atoms with E-state index in [4.69, 9.17) is 16.9 Å². The average molecular weight is 370 g/mol. The summed E-state index contributed by atoms with van der Waals surface area (Å²) in [5.41, 5.74) is 0.731. The van der Waals surface area contributed by atoms with E-state index < -0.39 is 15.7 Å². The Kier molecular flexibility index (Phi) is 4.36. The Morgan fingerprint density at radius 1 is 1.39 bits per heavy atom. The molecule has 0 spiro atoms. The molecule has 23 heavy (non-hydrogen) atoms. The third-order valence-electron chi connectivity index (χ3n) is 3.62. The molecule has 0 aliphatic carbocycles. The number of nitrogens with zero attached hydrogens (tertiary/aromatic N) is 3. The van der Waals surface area contributed by atoms with Crippen LogP contribution in [0, 0.1) is 11.3 Å². The molecule has 0 bridgehead atoms. The number of benzene rings is 1. The number of nitriles is 1. The first kappa shape index (κ1) is 16.3. The minimum Gasteiger partial charge on any atom is -0.316 e. The third-order valence-corrected chi connectivity index (χ3v) is 7.08. The summed E-state index contributed by atoms with van der Waals surface area (Å²) < 4.78 is 23.8. The van der Waals surface area contributed by atoms with Crippen molar-refractivity contribution >= 4 is 50.0 Å². The van der Waals surface area contributed by atoms with E-state index in [2.05, 4.69) is 4.99 Å². The number of amidine groups is 1. The van der Waals surface area contributed by atoms with Crippen LogP contribution in [-0.2, 0) is 14.6 Å². The minimum absolute atomic E-state index is 0.0265. The van der Waals surface area contributed by atoms with Gasteiger partial charge in [-0.2, -0.15) is 10.3 Å². The molecule has 1 amide bonds. The van der Waals surface area contributed by atoms with E-state index in [-0.39, 0.29) is 29.2 Å². The zero-order valence-corrected chi connectivity index (χ0v) is 14.2. The van der Waals surface area contributed by atoms with Crippen molar-refractivity contribution in [2.45, 2.75) is 17.7 Å². The number of rotatable bonds is 2. The molecule has 2 aliphatic heterocycles. The summed E-state index contributed by atoms with van der Waals surface area (Å²) in [5, 5.41) is 9.44. The lowest BCUT2D eigenvalue weighted by atomic mass is 10.2. The second-order valence-electron chi connectivity index (χ2n) is 5.27. The summed E-state index contributed by atoms with van der Waals surface area (Å²) in [6, 6.07) is 8.44. The molecular weight excluding hydrogens is 358 g/mol. The Morgan fingerprint density at radius 2 is 2.09 bits per heavy atom. The van der Waals surface area contributed by atoms with Gasteiger partial charge in [0.25, 0.3) is 5.91 Å². The van der Waals surface area contributed by atoms with Crippen molar-refractivity contribution in [1.29, 1.82) is 5.26 Å². The first-order valence-electron chi connectivity index (χ1n) is 6.80. The number of halogens is 1. The Balaban J connectivity index is 1.99. The number of carbonyl (C=O) groups is 1. The lowest BCUT2D eigenvalue weighted by molar-refractivity contribution is -0.116. The third kappa shape index (κ3) is 3.37. The van der Waals surface area contributed by atoms with Crippen LogP contribution >= 0.6 is 23.4 Å². The molecule has 0 radical (unpaired) electrons. The molecular formula is C14H12ClN3O3S2. The molecule has 6 nitrogen and oxygen atoms in total. The second kappa shape index (κ2) is 6.15. The van der Waals surface area contributed by atoms with Gasteiger partial charge in [0.1, 0.15) is 6.42 Å². The fourth-order valence-electron chi connectivity index (χ4n) is 2.68. The predicted octanol–water partition coefficient (Wildman–Crippen LogP) is 1.86. The number of aliphatic imine (C=N–C) groups is 1. The maximum Gasteiger partial charge on any atom is 0.262 e. The van der Waals surface area contributed by atoms with E-state index in [1.807, 2.05) is 0 Å². The van der Waals surface area contributed by atoms with Gasteiger partial charge >= 0.3 is 0 Å². The van der Waals surface area contributed by atoms with Crippen LogP contribution in [0.2, 0.25) is 5.02 Å². The number of anilines is 1. The lowest BCUT2D eigenvalue weighted by Crippen LogP contribution is -2.37. The molecule has 2 fully saturated rings. The Hall–Kier alpha value is -1.56. The van der Waals surface area contributed by atoms with Crippen molar-refractivity contribution in [2.24, 2.45) is 4.99 Å². The van der Waals surface area contributed by atoms with Crippen LogP contribution in [0.3, 0.4) is 0 Å². The van der Waals surface area contributed by atoms with E-state index in [0.717, 1.165) is 5.69 Å². The molecule has 0 N–H and O–H groups in total. The van der Waals surface area contributed by atoms with Crippen LogP contribution in [0.15, 0.2) is 29.3 Å². The van der Waals surface area contributed by atoms with E-state index in [0.29, 0.717) is 10.2 Å². The first-order valence-corrected chi connectivity index (χ1v) is 9.88. The monoisotopic (exact) mass is 369 g/mol. The zero-order valence-electron chi connectivity index (χ0n) is 11.8. The van der Waals surface area contributed by atoms with Gasteiger partial charge in [-0.25, -0.2) is 8.42 Å². The highest BCUT2D eigenvalue weighted by Crippen LogP contribution is 2.41. The Bertz CT molecular complexity index is 815. The number of sulfone groups is 1. The summed E-state index contributed by atoms with van der Waals surface area (Å²) in [7, 11) is -3.10. The van der Waals surface area contributed by atoms with Crippen LogP contribution in [0.5, 0.6) is 0 Å². The molecule has 1 aromatic rings. The molecule has 2 atom stereocenters. The SMILES string of the molecule is N#CCC(=O)N=C1S[C@H]2CS(=O)(=O)C[C@H]2N1c1ccc(Cl)cc1. The quantitative estimate of drug-likeness (QED) is 0.790. The molecule has 2 heterocycles. The highest BCUT2D eigenvalue weighted by molar-refractivity contribution is 8.16. The van der Waals surface area contributed by atoms with Crippen molar-refractivity contribution in [2.75, 3.05) is 16.4 Å². The topological polar surface area (TPSA) is 90.6 Å². The molecule has 0 aromatic heterocycles. The standard InChI is InChI=1S/C14H12ClN3O3S2/c15-9-1-3-10(4-2-9)18-11-7-23(20,21)8-12(11)22-14(18)17-13(19)5-6-16/h1-4,11-12H,5,7-8H2/t11-,12+/m1/s1. The largest absolute Gasteiger partial charge is 0.316 e. The van der Waals surface area contributed by atoms with Crippen LogP contribution in [0.1, 0.15) is 6.42 Å². The summed E-state index contributed by atoms with van der Waals surface area (Å²) in [6.07, 6.45) is -0.299. The summed E-state index contributed by atoms with van der Waals surface area (Å²) >= 11 is 7.18. The van der Waals surface area contributed by atoms with Gasteiger partial charge < -0.3 is 4.90 Å². The van der Waals surface area contributed by atoms with Gasteiger partial charge in [-0.05, 0) is 24.3 Å². The molecule has 0 saturated carbocycles. The minimum atomic E-state index is -3.10. The van der Waals surface area contributed by atoms with Gasteiger partial charge in [0, 0.05) is 16.0 Å². The number of amides is 1. The number of carbonyl (C=O) groups excluding carboxylic acids is 1. The maximum atomic E-state index is 11.9. The Labute approximate surface area is 143 Å². The van der Waals surface area contributed by atoms with Crippen LogP contribution in [0.25, 0.3) is 0 Å². The van der Waals surface area contributed by atoms with Gasteiger partial charge in [-0.15, -0.1) is 0 Å². The van der Waals surface area contributed by atoms with Crippen molar-refractivity contribution in [3.63, 3.8) is 0 Å². The number of thioether (sulfide) groups is 1. The predicted molar refractivity (Wildman–Crippen MR) is 90.4 cm³/mol. The summed E-state index contributed by atoms with van der Waals surface area (Å²) in [6.45, 7) is 0. The van der Waals surface area contributed by atoms with Gasteiger partial charge in [0.15, 0.2) is 15.0 Å².